The second kappa shape index (κ2) is 3.95. The van der Waals surface area contributed by atoms with E-state index in [4.69, 9.17) is 4.74 Å². The van der Waals surface area contributed by atoms with E-state index in [-0.39, 0.29) is 0 Å². The molecule has 13 heavy (non-hydrogen) atoms. The van der Waals surface area contributed by atoms with E-state index in [1.165, 1.54) is 19.5 Å². The van der Waals surface area contributed by atoms with Gasteiger partial charge in [0.25, 0.3) is 0 Å². The Kier molecular flexibility index (Phi) is 2.86. The first-order chi connectivity index (χ1) is 6.25. The van der Waals surface area contributed by atoms with Crippen LogP contribution in [0.1, 0.15) is 20.3 Å². The summed E-state index contributed by atoms with van der Waals surface area (Å²) in [6.45, 7) is 8.91. The van der Waals surface area contributed by atoms with Crippen LogP contribution in [0.5, 0.6) is 0 Å². The van der Waals surface area contributed by atoms with Gasteiger partial charge in [-0.2, -0.15) is 0 Å². The average Bonchev–Trinajstić information content (AvgIpc) is 2.53. The third kappa shape index (κ3) is 2.22. The van der Waals surface area contributed by atoms with Crippen molar-refractivity contribution in [2.24, 2.45) is 0 Å². The Morgan fingerprint density at radius 3 is 2.46 bits per heavy atom. The first-order valence-electron chi connectivity index (χ1n) is 5.36. The Morgan fingerprint density at radius 1 is 1.23 bits per heavy atom. The van der Waals surface area contributed by atoms with Crippen LogP contribution in [-0.4, -0.2) is 49.3 Å². The van der Waals surface area contributed by atoms with Gasteiger partial charge in [0.2, 0.25) is 0 Å². The van der Waals surface area contributed by atoms with Crippen molar-refractivity contribution in [2.45, 2.75) is 38.5 Å². The van der Waals surface area contributed by atoms with Crippen LogP contribution >= 0.6 is 0 Å². The fraction of sp³-hybridized carbons (Fsp3) is 1.00. The van der Waals surface area contributed by atoms with Gasteiger partial charge in [0.1, 0.15) is 0 Å². The Hall–Kier alpha value is -0.120. The molecule has 2 rings (SSSR count). The van der Waals surface area contributed by atoms with Crippen molar-refractivity contribution in [3.63, 3.8) is 0 Å². The van der Waals surface area contributed by atoms with Crippen molar-refractivity contribution in [3.8, 4) is 0 Å². The van der Waals surface area contributed by atoms with Gasteiger partial charge in [-0.05, 0) is 26.8 Å². The van der Waals surface area contributed by atoms with Crippen LogP contribution < -0.4 is 5.32 Å². The summed E-state index contributed by atoms with van der Waals surface area (Å²) in [5.74, 6) is 0. The lowest BCUT2D eigenvalue weighted by atomic mass is 10.1. The molecule has 0 amide bonds. The molecule has 2 aliphatic heterocycles. The Balaban J connectivity index is 1.90. The van der Waals surface area contributed by atoms with E-state index in [0.717, 1.165) is 19.1 Å². The number of morpholine rings is 1. The third-order valence-electron chi connectivity index (χ3n) is 3.00. The maximum absolute atomic E-state index is 5.71. The molecule has 0 bridgehead atoms. The summed E-state index contributed by atoms with van der Waals surface area (Å²) in [6, 6.07) is 0.758. The maximum Gasteiger partial charge on any atom is 0.0678 e. The fourth-order valence-corrected chi connectivity index (χ4v) is 2.47. The summed E-state index contributed by atoms with van der Waals surface area (Å²) in [6.07, 6.45) is 2.12. The van der Waals surface area contributed by atoms with E-state index in [1.54, 1.807) is 0 Å². The topological polar surface area (TPSA) is 24.5 Å². The van der Waals surface area contributed by atoms with Gasteiger partial charge >= 0.3 is 0 Å². The van der Waals surface area contributed by atoms with Crippen LogP contribution in [0.3, 0.4) is 0 Å². The predicted molar refractivity (Wildman–Crippen MR) is 52.9 cm³/mol. The van der Waals surface area contributed by atoms with Crippen LogP contribution in [0.15, 0.2) is 0 Å². The quantitative estimate of drug-likeness (QED) is 0.640. The number of hydrogen-bond acceptors (Lipinski definition) is 3. The predicted octanol–water partition coefficient (Wildman–Crippen LogP) is 0.457. The van der Waals surface area contributed by atoms with Gasteiger partial charge in [-0.1, -0.05) is 0 Å². The summed E-state index contributed by atoms with van der Waals surface area (Å²) in [7, 11) is 0. The number of hydrogen-bond donors (Lipinski definition) is 1. The molecule has 3 heteroatoms. The van der Waals surface area contributed by atoms with Crippen molar-refractivity contribution in [2.75, 3.05) is 26.2 Å². The van der Waals surface area contributed by atoms with Crippen molar-refractivity contribution in [1.29, 1.82) is 0 Å². The van der Waals surface area contributed by atoms with Crippen molar-refractivity contribution in [3.05, 3.63) is 0 Å². The summed E-state index contributed by atoms with van der Waals surface area (Å²) in [5.41, 5.74) is 0. The second-order valence-electron chi connectivity index (χ2n) is 4.36. The molecule has 0 aliphatic carbocycles. The monoisotopic (exact) mass is 184 g/mol. The van der Waals surface area contributed by atoms with Gasteiger partial charge in [-0.15, -0.1) is 0 Å². The van der Waals surface area contributed by atoms with Crippen molar-refractivity contribution >= 4 is 0 Å². The molecular formula is C10H20N2O. The molecule has 3 nitrogen and oxygen atoms in total. The number of nitrogens with one attached hydrogen (secondary N) is 1. The minimum atomic E-state index is 0.407. The molecular weight excluding hydrogens is 164 g/mol. The van der Waals surface area contributed by atoms with Crippen LogP contribution in [0.2, 0.25) is 0 Å². The van der Waals surface area contributed by atoms with Crippen LogP contribution in [0.25, 0.3) is 0 Å². The molecule has 0 spiro atoms. The largest absolute Gasteiger partial charge is 0.373 e. The highest BCUT2D eigenvalue weighted by molar-refractivity contribution is 4.85. The zero-order valence-electron chi connectivity index (χ0n) is 8.62. The Morgan fingerprint density at radius 2 is 1.92 bits per heavy atom. The molecule has 2 aliphatic rings. The first kappa shape index (κ1) is 9.44. The van der Waals surface area contributed by atoms with E-state index >= 15 is 0 Å². The smallest absolute Gasteiger partial charge is 0.0678 e. The molecule has 2 heterocycles. The Bertz CT molecular complexity index is 158. The molecule has 3 unspecified atom stereocenters. The van der Waals surface area contributed by atoms with Crippen LogP contribution in [0, 0.1) is 0 Å². The van der Waals surface area contributed by atoms with E-state index in [2.05, 4.69) is 24.1 Å². The lowest BCUT2D eigenvalue weighted by molar-refractivity contribution is -0.0781. The highest BCUT2D eigenvalue weighted by Crippen LogP contribution is 2.16. The van der Waals surface area contributed by atoms with Crippen molar-refractivity contribution < 1.29 is 4.74 Å². The normalized spacial score (nSPS) is 42.5. The number of rotatable bonds is 1. The number of nitrogens with zero attached hydrogens (tertiary/aromatic N) is 1. The standard InChI is InChI=1S/C10H20N2O/c1-8-6-12(7-9(2)13-8)10-3-4-11-5-10/h8-11H,3-7H2,1-2H3. The molecule has 0 aromatic rings. The zero-order valence-corrected chi connectivity index (χ0v) is 8.62. The lowest BCUT2D eigenvalue weighted by Gasteiger charge is -2.38. The molecule has 0 aromatic carbocycles. The summed E-state index contributed by atoms with van der Waals surface area (Å²) in [5, 5.41) is 3.42. The Labute approximate surface area is 80.4 Å². The van der Waals surface area contributed by atoms with E-state index < -0.39 is 0 Å². The molecule has 76 valence electrons. The summed E-state index contributed by atoms with van der Waals surface area (Å²) < 4.78 is 5.71. The van der Waals surface area contributed by atoms with Crippen LogP contribution in [-0.2, 0) is 4.74 Å². The molecule has 3 atom stereocenters. The first-order valence-corrected chi connectivity index (χ1v) is 5.36. The molecule has 0 radical (unpaired) electrons. The number of ether oxygens (including phenoxy) is 1. The molecule has 0 saturated carbocycles. The van der Waals surface area contributed by atoms with E-state index in [1.807, 2.05) is 0 Å². The molecule has 2 saturated heterocycles. The van der Waals surface area contributed by atoms with Gasteiger partial charge in [-0.3, -0.25) is 4.90 Å². The minimum absolute atomic E-state index is 0.407. The van der Waals surface area contributed by atoms with Gasteiger partial charge < -0.3 is 10.1 Å². The summed E-state index contributed by atoms with van der Waals surface area (Å²) in [4.78, 5) is 2.58. The highest BCUT2D eigenvalue weighted by atomic mass is 16.5. The third-order valence-corrected chi connectivity index (χ3v) is 3.00. The maximum atomic E-state index is 5.71. The minimum Gasteiger partial charge on any atom is -0.373 e. The average molecular weight is 184 g/mol. The van der Waals surface area contributed by atoms with Crippen molar-refractivity contribution in [1.82, 2.24) is 10.2 Å². The fourth-order valence-electron chi connectivity index (χ4n) is 2.47. The second-order valence-corrected chi connectivity index (χ2v) is 4.36. The van der Waals surface area contributed by atoms with E-state index in [9.17, 15) is 0 Å². The van der Waals surface area contributed by atoms with Crippen LogP contribution in [0.4, 0.5) is 0 Å². The molecule has 2 fully saturated rings. The molecule has 1 N–H and O–H groups in total. The zero-order chi connectivity index (χ0) is 9.26. The van der Waals surface area contributed by atoms with Gasteiger partial charge in [-0.25, -0.2) is 0 Å². The SMILES string of the molecule is CC1CN(C2CCNC2)CC(C)O1. The van der Waals surface area contributed by atoms with Gasteiger partial charge in [0.05, 0.1) is 12.2 Å². The lowest BCUT2D eigenvalue weighted by Crippen LogP contribution is -2.50. The summed E-state index contributed by atoms with van der Waals surface area (Å²) >= 11 is 0. The molecule has 0 aromatic heterocycles. The van der Waals surface area contributed by atoms with E-state index in [0.29, 0.717) is 12.2 Å². The van der Waals surface area contributed by atoms with Gasteiger partial charge in [0, 0.05) is 25.7 Å². The highest BCUT2D eigenvalue weighted by Gasteiger charge is 2.29. The van der Waals surface area contributed by atoms with Gasteiger partial charge in [0.15, 0.2) is 0 Å².